The number of aryl methyl sites for hydroxylation is 1. The molecule has 2 nitrogen and oxygen atoms in total. The van der Waals surface area contributed by atoms with E-state index in [4.69, 9.17) is 6.42 Å². The molecule has 2 aromatic heterocycles. The molecule has 2 rings (SSSR count). The van der Waals surface area contributed by atoms with Gasteiger partial charge in [-0.1, -0.05) is 6.08 Å². The zero-order valence-electron chi connectivity index (χ0n) is 9.57. The lowest BCUT2D eigenvalue weighted by Crippen LogP contribution is -1.92. The first-order valence-corrected chi connectivity index (χ1v) is 5.27. The van der Waals surface area contributed by atoms with Gasteiger partial charge in [0.2, 0.25) is 0 Å². The van der Waals surface area contributed by atoms with E-state index in [-0.39, 0.29) is 0 Å². The van der Waals surface area contributed by atoms with E-state index in [1.807, 2.05) is 25.3 Å². The molecule has 0 unspecified atom stereocenters. The molecule has 0 saturated heterocycles. The maximum atomic E-state index is 5.42. The fourth-order valence-electron chi connectivity index (χ4n) is 2.04. The highest BCUT2D eigenvalue weighted by Gasteiger charge is 2.11. The number of nitrogens with zero attached hydrogens (tertiary/aromatic N) is 2. The number of pyridine rings is 1. The van der Waals surface area contributed by atoms with Gasteiger partial charge in [0, 0.05) is 36.9 Å². The Bertz CT molecular complexity index is 583. The number of hydrogen-bond acceptors (Lipinski definition) is 1. The molecular weight excluding hydrogens is 196 g/mol. The Labute approximate surface area is 95.6 Å². The number of hydrogen-bond donors (Lipinski definition) is 0. The van der Waals surface area contributed by atoms with Crippen molar-refractivity contribution < 1.29 is 0 Å². The minimum atomic E-state index is 0.642. The van der Waals surface area contributed by atoms with Crippen LogP contribution in [0.4, 0.5) is 0 Å². The van der Waals surface area contributed by atoms with Gasteiger partial charge < -0.3 is 4.57 Å². The second-order valence-corrected chi connectivity index (χ2v) is 3.70. The van der Waals surface area contributed by atoms with Gasteiger partial charge in [-0.05, 0) is 24.6 Å². The van der Waals surface area contributed by atoms with Crippen LogP contribution in [0.2, 0.25) is 0 Å². The summed E-state index contributed by atoms with van der Waals surface area (Å²) < 4.78 is 2.16. The molecule has 0 N–H and O–H groups in total. The molecule has 0 atom stereocenters. The summed E-state index contributed by atoms with van der Waals surface area (Å²) in [6.07, 6.45) is 13.9. The smallest absolute Gasteiger partial charge is 0.0516 e. The van der Waals surface area contributed by atoms with Crippen molar-refractivity contribution in [2.45, 2.75) is 13.3 Å². The quantitative estimate of drug-likeness (QED) is 0.697. The summed E-state index contributed by atoms with van der Waals surface area (Å²) >= 11 is 0. The molecule has 0 aromatic carbocycles. The van der Waals surface area contributed by atoms with Crippen molar-refractivity contribution >= 4 is 17.0 Å². The van der Waals surface area contributed by atoms with Crippen LogP contribution in [-0.4, -0.2) is 9.55 Å². The second kappa shape index (κ2) is 4.24. The Morgan fingerprint density at radius 2 is 2.38 bits per heavy atom. The Morgan fingerprint density at radius 3 is 3.06 bits per heavy atom. The summed E-state index contributed by atoms with van der Waals surface area (Å²) in [7, 11) is 2.05. The largest absolute Gasteiger partial charge is 0.344 e. The van der Waals surface area contributed by atoms with Crippen molar-refractivity contribution in [3.8, 4) is 12.3 Å². The number of fused-ring (bicyclic) bond motifs is 1. The van der Waals surface area contributed by atoms with E-state index in [1.54, 1.807) is 6.20 Å². The zero-order chi connectivity index (χ0) is 11.5. The van der Waals surface area contributed by atoms with Crippen molar-refractivity contribution in [1.29, 1.82) is 0 Å². The fraction of sp³-hybridized carbons (Fsp3) is 0.214. The lowest BCUT2D eigenvalue weighted by molar-refractivity contribution is 0.944. The molecule has 0 saturated carbocycles. The third-order valence-electron chi connectivity index (χ3n) is 2.76. The Morgan fingerprint density at radius 1 is 1.56 bits per heavy atom. The van der Waals surface area contributed by atoms with Gasteiger partial charge in [-0.2, -0.15) is 0 Å². The van der Waals surface area contributed by atoms with Gasteiger partial charge in [-0.15, -0.1) is 12.3 Å². The summed E-state index contributed by atoms with van der Waals surface area (Å²) in [6, 6.07) is 2.02. The van der Waals surface area contributed by atoms with Gasteiger partial charge in [0.05, 0.1) is 5.52 Å². The molecule has 0 fully saturated rings. The van der Waals surface area contributed by atoms with E-state index in [9.17, 15) is 0 Å². The predicted octanol–water partition coefficient (Wildman–Crippen LogP) is 2.78. The average Bonchev–Trinajstić information content (AvgIpc) is 2.57. The first kappa shape index (κ1) is 10.5. The summed E-state index contributed by atoms with van der Waals surface area (Å²) in [5.74, 6) is 2.71. The van der Waals surface area contributed by atoms with Gasteiger partial charge in [-0.25, -0.2) is 0 Å². The minimum absolute atomic E-state index is 0.642. The normalized spacial score (nSPS) is 11.1. The first-order chi connectivity index (χ1) is 7.79. The molecule has 0 spiro atoms. The van der Waals surface area contributed by atoms with Crippen LogP contribution in [0.1, 0.15) is 18.2 Å². The Kier molecular flexibility index (Phi) is 2.78. The van der Waals surface area contributed by atoms with Crippen LogP contribution in [0.3, 0.4) is 0 Å². The van der Waals surface area contributed by atoms with E-state index in [2.05, 4.69) is 28.6 Å². The number of rotatable bonds is 2. The van der Waals surface area contributed by atoms with Crippen molar-refractivity contribution in [3.63, 3.8) is 0 Å². The Hall–Kier alpha value is -2.01. The molecule has 2 heteroatoms. The van der Waals surface area contributed by atoms with Crippen LogP contribution in [-0.2, 0) is 13.5 Å². The highest BCUT2D eigenvalue weighted by atomic mass is 14.9. The van der Waals surface area contributed by atoms with Crippen LogP contribution in [0, 0.1) is 12.3 Å². The molecule has 0 aliphatic heterocycles. The lowest BCUT2D eigenvalue weighted by atomic mass is 10.1. The molecule has 0 aliphatic carbocycles. The molecule has 0 bridgehead atoms. The lowest BCUT2D eigenvalue weighted by Gasteiger charge is -1.99. The average molecular weight is 210 g/mol. The van der Waals surface area contributed by atoms with Crippen LogP contribution < -0.4 is 0 Å². The first-order valence-electron chi connectivity index (χ1n) is 5.27. The minimum Gasteiger partial charge on any atom is -0.344 e. The molecule has 0 amide bonds. The van der Waals surface area contributed by atoms with Gasteiger partial charge in [-0.3, -0.25) is 4.98 Å². The zero-order valence-corrected chi connectivity index (χ0v) is 9.57. The summed E-state index contributed by atoms with van der Waals surface area (Å²) in [4.78, 5) is 4.16. The van der Waals surface area contributed by atoms with E-state index in [0.717, 1.165) is 5.39 Å². The number of allylic oxidation sites excluding steroid dienone is 1. The van der Waals surface area contributed by atoms with Crippen molar-refractivity contribution in [2.75, 3.05) is 0 Å². The molecule has 16 heavy (non-hydrogen) atoms. The van der Waals surface area contributed by atoms with Gasteiger partial charge >= 0.3 is 0 Å². The predicted molar refractivity (Wildman–Crippen MR) is 68.0 cm³/mol. The molecule has 80 valence electrons. The van der Waals surface area contributed by atoms with E-state index in [1.165, 1.54) is 16.8 Å². The maximum Gasteiger partial charge on any atom is 0.0516 e. The van der Waals surface area contributed by atoms with Crippen LogP contribution >= 0.6 is 0 Å². The second-order valence-electron chi connectivity index (χ2n) is 3.70. The van der Waals surface area contributed by atoms with Gasteiger partial charge in [0.1, 0.15) is 0 Å². The molecular formula is C14H14N2. The topological polar surface area (TPSA) is 17.8 Å². The van der Waals surface area contributed by atoms with E-state index in [0.29, 0.717) is 6.42 Å². The monoisotopic (exact) mass is 210 g/mol. The maximum absolute atomic E-state index is 5.42. The summed E-state index contributed by atoms with van der Waals surface area (Å²) in [5.41, 5.74) is 3.53. The van der Waals surface area contributed by atoms with E-state index >= 15 is 0 Å². The van der Waals surface area contributed by atoms with Crippen molar-refractivity contribution in [3.05, 3.63) is 35.8 Å². The fourth-order valence-corrected chi connectivity index (χ4v) is 2.04. The van der Waals surface area contributed by atoms with E-state index < -0.39 is 0 Å². The standard InChI is InChI=1S/C14H14N2/c1-4-6-11-12-10-15-9-8-14(12)16(3)13(11)7-5-2/h1,5,7-10H,6H2,2-3H3/b7-5-. The van der Waals surface area contributed by atoms with Crippen molar-refractivity contribution in [1.82, 2.24) is 9.55 Å². The third kappa shape index (κ3) is 1.51. The van der Waals surface area contributed by atoms with Crippen LogP contribution in [0.25, 0.3) is 17.0 Å². The molecule has 0 radical (unpaired) electrons. The molecule has 0 aliphatic rings. The number of terminal acetylenes is 1. The summed E-state index contributed by atoms with van der Waals surface area (Å²) in [6.45, 7) is 2.01. The highest BCUT2D eigenvalue weighted by Crippen LogP contribution is 2.25. The van der Waals surface area contributed by atoms with Crippen molar-refractivity contribution in [2.24, 2.45) is 7.05 Å². The summed E-state index contributed by atoms with van der Waals surface area (Å²) in [5, 5.41) is 1.15. The van der Waals surface area contributed by atoms with Crippen LogP contribution in [0.5, 0.6) is 0 Å². The third-order valence-corrected chi connectivity index (χ3v) is 2.76. The molecule has 2 heterocycles. The SMILES string of the molecule is C#CCc1c(/C=C\C)n(C)c2ccncc12. The molecule has 2 aromatic rings. The number of aromatic nitrogens is 2. The Balaban J connectivity index is 2.81. The van der Waals surface area contributed by atoms with Gasteiger partial charge in [0.25, 0.3) is 0 Å². The van der Waals surface area contributed by atoms with Gasteiger partial charge in [0.15, 0.2) is 0 Å². The highest BCUT2D eigenvalue weighted by molar-refractivity contribution is 5.87. The van der Waals surface area contributed by atoms with Crippen LogP contribution in [0.15, 0.2) is 24.5 Å².